The van der Waals surface area contributed by atoms with E-state index in [1.807, 2.05) is 0 Å². The van der Waals surface area contributed by atoms with E-state index in [1.165, 1.54) is 21.0 Å². The summed E-state index contributed by atoms with van der Waals surface area (Å²) in [6.07, 6.45) is -3.36. The molecule has 0 bridgehead atoms. The summed E-state index contributed by atoms with van der Waals surface area (Å²) in [5, 5.41) is 0. The summed E-state index contributed by atoms with van der Waals surface area (Å²) in [4.78, 5) is 45.1. The maximum atomic E-state index is 11.5. The molecule has 0 radical (unpaired) electrons. The molecule has 142 valence electrons. The minimum atomic E-state index is -1.72. The Morgan fingerprint density at radius 3 is 1.88 bits per heavy atom. The minimum absolute atomic E-state index is 0.282. The molecular formula is C15H22O10. The molecule has 0 aromatic rings. The molecule has 0 unspecified atom stereocenters. The minimum Gasteiger partial charge on any atom is -0.463 e. The van der Waals surface area contributed by atoms with E-state index in [0.717, 1.165) is 13.8 Å². The first-order valence-corrected chi connectivity index (χ1v) is 7.45. The van der Waals surface area contributed by atoms with Crippen molar-refractivity contribution in [3.63, 3.8) is 0 Å². The van der Waals surface area contributed by atoms with Gasteiger partial charge in [0.1, 0.15) is 19.3 Å². The normalized spacial score (nSPS) is 28.1. The van der Waals surface area contributed by atoms with E-state index in [-0.39, 0.29) is 6.61 Å². The molecule has 0 amide bonds. The second kappa shape index (κ2) is 8.77. The van der Waals surface area contributed by atoms with Gasteiger partial charge in [0.2, 0.25) is 5.79 Å². The molecule has 25 heavy (non-hydrogen) atoms. The third-order valence-electron chi connectivity index (χ3n) is 3.32. The summed E-state index contributed by atoms with van der Waals surface area (Å²) in [6, 6.07) is 0. The Labute approximate surface area is 144 Å². The van der Waals surface area contributed by atoms with Gasteiger partial charge in [-0.05, 0) is 0 Å². The quantitative estimate of drug-likeness (QED) is 0.441. The van der Waals surface area contributed by atoms with Gasteiger partial charge in [0, 0.05) is 34.8 Å². The van der Waals surface area contributed by atoms with Crippen molar-refractivity contribution in [3.05, 3.63) is 0 Å². The van der Waals surface area contributed by atoms with Crippen molar-refractivity contribution in [1.29, 1.82) is 0 Å². The van der Waals surface area contributed by atoms with Crippen LogP contribution in [-0.4, -0.2) is 68.3 Å². The molecule has 0 spiro atoms. The molecule has 1 rings (SSSR count). The summed E-state index contributed by atoms with van der Waals surface area (Å²) in [6.45, 7) is 3.98. The van der Waals surface area contributed by atoms with Crippen LogP contribution in [0.3, 0.4) is 0 Å². The van der Waals surface area contributed by atoms with Gasteiger partial charge in [0.15, 0.2) is 12.2 Å². The van der Waals surface area contributed by atoms with Crippen molar-refractivity contribution in [2.24, 2.45) is 0 Å². The Morgan fingerprint density at radius 2 is 1.44 bits per heavy atom. The number of esters is 4. The van der Waals surface area contributed by atoms with Crippen molar-refractivity contribution in [2.45, 2.75) is 51.8 Å². The van der Waals surface area contributed by atoms with E-state index in [9.17, 15) is 19.2 Å². The first-order valence-electron chi connectivity index (χ1n) is 7.45. The third kappa shape index (κ3) is 5.68. The molecule has 0 aromatic carbocycles. The molecule has 10 nitrogen and oxygen atoms in total. The highest BCUT2D eigenvalue weighted by atomic mass is 16.8. The van der Waals surface area contributed by atoms with Gasteiger partial charge >= 0.3 is 23.9 Å². The van der Waals surface area contributed by atoms with E-state index >= 15 is 0 Å². The van der Waals surface area contributed by atoms with Crippen LogP contribution in [0.1, 0.15) is 27.7 Å². The van der Waals surface area contributed by atoms with E-state index in [0.29, 0.717) is 0 Å². The molecule has 4 atom stereocenters. The average Bonchev–Trinajstić information content (AvgIpc) is 2.76. The fourth-order valence-electron chi connectivity index (χ4n) is 2.37. The fourth-order valence-corrected chi connectivity index (χ4v) is 2.37. The number of carbonyl (C=O) groups is 4. The van der Waals surface area contributed by atoms with E-state index in [4.69, 9.17) is 28.4 Å². The molecule has 1 heterocycles. The van der Waals surface area contributed by atoms with Gasteiger partial charge in [-0.25, -0.2) is 0 Å². The number of methoxy groups -OCH3 is 1. The molecule has 1 aliphatic rings. The number of hydrogen-bond donors (Lipinski definition) is 0. The molecule has 0 aliphatic carbocycles. The highest BCUT2D eigenvalue weighted by Crippen LogP contribution is 2.37. The Morgan fingerprint density at radius 1 is 0.880 bits per heavy atom. The lowest BCUT2D eigenvalue weighted by Gasteiger charge is -2.32. The first kappa shape index (κ1) is 20.8. The second-order valence-electron chi connectivity index (χ2n) is 5.36. The summed E-state index contributed by atoms with van der Waals surface area (Å²) in [5.74, 6) is -4.28. The SMILES string of the molecule is CO[C@]1(COC(C)=O)O[C@H](COC(C)=O)[C@@H](OC(C)=O)[C@H]1OC(C)=O. The standard InChI is InChI=1S/C15H22O10/c1-8(16)21-6-12-13(23-10(3)18)14(24-11(4)19)15(20-5,25-12)7-22-9(2)17/h12-14H,6-7H2,1-5H3/t12-,13-,14-,15-/m1/s1. The summed E-state index contributed by atoms with van der Waals surface area (Å²) in [5.41, 5.74) is 0. The van der Waals surface area contributed by atoms with E-state index in [2.05, 4.69) is 0 Å². The zero-order chi connectivity index (χ0) is 19.2. The zero-order valence-corrected chi connectivity index (χ0v) is 14.7. The summed E-state index contributed by atoms with van der Waals surface area (Å²) in [7, 11) is 1.25. The van der Waals surface area contributed by atoms with Crippen LogP contribution in [0.2, 0.25) is 0 Å². The molecule has 0 saturated carbocycles. The van der Waals surface area contributed by atoms with Crippen LogP contribution in [0, 0.1) is 0 Å². The van der Waals surface area contributed by atoms with Gasteiger partial charge in [0.05, 0.1) is 0 Å². The molecule has 1 saturated heterocycles. The van der Waals surface area contributed by atoms with Crippen LogP contribution in [0.15, 0.2) is 0 Å². The number of hydrogen-bond acceptors (Lipinski definition) is 10. The maximum absolute atomic E-state index is 11.5. The van der Waals surface area contributed by atoms with Gasteiger partial charge in [-0.2, -0.15) is 0 Å². The Hall–Kier alpha value is -2.20. The van der Waals surface area contributed by atoms with Crippen LogP contribution < -0.4 is 0 Å². The zero-order valence-electron chi connectivity index (χ0n) is 14.7. The smallest absolute Gasteiger partial charge is 0.303 e. The van der Waals surface area contributed by atoms with Crippen LogP contribution >= 0.6 is 0 Å². The van der Waals surface area contributed by atoms with Crippen LogP contribution in [-0.2, 0) is 47.6 Å². The molecule has 0 aromatic heterocycles. The molecule has 1 aliphatic heterocycles. The molecule has 10 heteroatoms. The lowest BCUT2D eigenvalue weighted by Crippen LogP contribution is -2.51. The van der Waals surface area contributed by atoms with Gasteiger partial charge < -0.3 is 28.4 Å². The Bertz CT molecular complexity index is 530. The number of carbonyl (C=O) groups excluding carboxylic acids is 4. The van der Waals surface area contributed by atoms with Crippen LogP contribution in [0.4, 0.5) is 0 Å². The van der Waals surface area contributed by atoms with Gasteiger partial charge in [-0.1, -0.05) is 0 Å². The fraction of sp³-hybridized carbons (Fsp3) is 0.733. The predicted molar refractivity (Wildman–Crippen MR) is 79.0 cm³/mol. The van der Waals surface area contributed by atoms with Crippen molar-refractivity contribution >= 4 is 23.9 Å². The first-order chi connectivity index (χ1) is 11.6. The topological polar surface area (TPSA) is 124 Å². The Balaban J connectivity index is 3.17. The second-order valence-corrected chi connectivity index (χ2v) is 5.36. The average molecular weight is 362 g/mol. The van der Waals surface area contributed by atoms with Crippen molar-refractivity contribution in [3.8, 4) is 0 Å². The largest absolute Gasteiger partial charge is 0.463 e. The van der Waals surface area contributed by atoms with E-state index < -0.39 is 54.6 Å². The van der Waals surface area contributed by atoms with Gasteiger partial charge in [-0.3, -0.25) is 19.2 Å². The van der Waals surface area contributed by atoms with E-state index in [1.54, 1.807) is 0 Å². The maximum Gasteiger partial charge on any atom is 0.303 e. The predicted octanol–water partition coefficient (Wildman–Crippen LogP) is -0.282. The van der Waals surface area contributed by atoms with Crippen molar-refractivity contribution in [1.82, 2.24) is 0 Å². The summed E-state index contributed by atoms with van der Waals surface area (Å²) >= 11 is 0. The van der Waals surface area contributed by atoms with Gasteiger partial charge in [-0.15, -0.1) is 0 Å². The van der Waals surface area contributed by atoms with Crippen LogP contribution in [0.5, 0.6) is 0 Å². The highest BCUT2D eigenvalue weighted by Gasteiger charge is 2.61. The van der Waals surface area contributed by atoms with Crippen LogP contribution in [0.25, 0.3) is 0 Å². The lowest BCUT2D eigenvalue weighted by atomic mass is 10.0. The molecule has 0 N–H and O–H groups in total. The van der Waals surface area contributed by atoms with Gasteiger partial charge in [0.25, 0.3) is 0 Å². The van der Waals surface area contributed by atoms with Crippen molar-refractivity contribution < 1.29 is 47.6 Å². The molecular weight excluding hydrogens is 340 g/mol. The lowest BCUT2D eigenvalue weighted by molar-refractivity contribution is -0.270. The Kier molecular flexibility index (Phi) is 7.31. The number of ether oxygens (including phenoxy) is 6. The highest BCUT2D eigenvalue weighted by molar-refractivity contribution is 5.68. The monoisotopic (exact) mass is 362 g/mol. The summed E-state index contributed by atoms with van der Waals surface area (Å²) < 4.78 is 31.2. The molecule has 1 fully saturated rings. The third-order valence-corrected chi connectivity index (χ3v) is 3.32. The van der Waals surface area contributed by atoms with Crippen molar-refractivity contribution in [2.75, 3.05) is 20.3 Å². The number of rotatable bonds is 7.